The molecule has 3 N–H and O–H groups in total. The summed E-state index contributed by atoms with van der Waals surface area (Å²) in [6.07, 6.45) is 8.74. The number of aromatic nitrogens is 2. The van der Waals surface area contributed by atoms with Gasteiger partial charge in [-0.15, -0.1) is 0 Å². The molecule has 0 bridgehead atoms. The Morgan fingerprint density at radius 3 is 2.68 bits per heavy atom. The average Bonchev–Trinajstić information content (AvgIpc) is 3.23. The normalized spacial score (nSPS) is 20.9. The molecule has 0 saturated carbocycles. The summed E-state index contributed by atoms with van der Waals surface area (Å²) in [6.45, 7) is 8.47. The van der Waals surface area contributed by atoms with Crippen molar-refractivity contribution in [1.82, 2.24) is 25.3 Å². The number of benzene rings is 1. The van der Waals surface area contributed by atoms with Gasteiger partial charge in [0.15, 0.2) is 0 Å². The first kappa shape index (κ1) is 30.6. The Morgan fingerprint density at radius 2 is 2.00 bits per heavy atom. The predicted molar refractivity (Wildman–Crippen MR) is 159 cm³/mol. The number of nitrogens with zero attached hydrogens (tertiary/aromatic N) is 3. The van der Waals surface area contributed by atoms with Crippen LogP contribution in [0, 0.1) is 18.3 Å². The van der Waals surface area contributed by atoms with Crippen LogP contribution in [0.25, 0.3) is 0 Å². The number of carbonyl (C=O) groups excluding carboxylic acids is 3. The number of ether oxygens (including phenoxy) is 1. The maximum atomic E-state index is 13.4. The highest BCUT2D eigenvalue weighted by molar-refractivity contribution is 6.31. The van der Waals surface area contributed by atoms with Gasteiger partial charge in [-0.25, -0.2) is 0 Å². The topological polar surface area (TPSA) is 118 Å². The van der Waals surface area contributed by atoms with Gasteiger partial charge in [0, 0.05) is 24.8 Å². The minimum Gasteiger partial charge on any atom is -0.489 e. The molecule has 1 saturated heterocycles. The number of carbonyl (C=O) groups is 3. The first-order chi connectivity index (χ1) is 19.5. The fraction of sp³-hybridized carbons (Fsp3) is 0.533. The number of fused-ring (bicyclic) bond motifs is 1. The Morgan fingerprint density at radius 1 is 1.24 bits per heavy atom. The van der Waals surface area contributed by atoms with Crippen molar-refractivity contribution in [2.75, 3.05) is 38.1 Å². The molecule has 0 radical (unpaired) electrons. The molecule has 0 unspecified atom stereocenters. The number of halogens is 1. The molecule has 2 aliphatic rings. The summed E-state index contributed by atoms with van der Waals surface area (Å²) in [5, 5.41) is 13.7. The van der Waals surface area contributed by atoms with Crippen molar-refractivity contribution in [3.8, 4) is 5.75 Å². The number of hydrogen-bond acceptors (Lipinski definition) is 6. The zero-order valence-corrected chi connectivity index (χ0v) is 25.1. The van der Waals surface area contributed by atoms with Crippen LogP contribution in [0.2, 0.25) is 5.02 Å². The standard InChI is InChI=1S/C30H41ClN6O4/c1-20(2)15-24-29(40)32-19-30(9-5-6-14-41-26-8-7-22(31)16-23(26)28(39)34-24)10-12-37(13-11-30)18-27(38)33-25-17-36(4)35-21(25)3/h5-8,16-17,20,24H,9-15,18-19H2,1-4H3,(H,32,40)(H,33,38)(H,34,39)/b6-5+/t24-/m0/s1. The van der Waals surface area contributed by atoms with Crippen LogP contribution < -0.4 is 20.7 Å². The number of allylic oxidation sites excluding steroid dienone is 1. The SMILES string of the molecule is Cc1nn(C)cc1NC(=O)CN1CCC2(C/C=C/COc3ccc(Cl)cc3C(=O)N[C@@H](CC(C)C)C(=O)NC2)CC1. The van der Waals surface area contributed by atoms with Gasteiger partial charge in [0.2, 0.25) is 11.8 Å². The summed E-state index contributed by atoms with van der Waals surface area (Å²) >= 11 is 6.17. The molecule has 1 fully saturated rings. The average molecular weight is 585 g/mol. The number of anilines is 1. The Labute approximate surface area is 246 Å². The Bertz CT molecular complexity index is 1280. The van der Waals surface area contributed by atoms with E-state index in [1.165, 1.54) is 0 Å². The van der Waals surface area contributed by atoms with Gasteiger partial charge in [0.25, 0.3) is 5.91 Å². The van der Waals surface area contributed by atoms with Gasteiger partial charge in [0.1, 0.15) is 18.4 Å². The third-order valence-electron chi connectivity index (χ3n) is 7.78. The summed E-state index contributed by atoms with van der Waals surface area (Å²) in [5.41, 5.74) is 1.64. The second kappa shape index (κ2) is 13.5. The fourth-order valence-electron chi connectivity index (χ4n) is 5.44. The predicted octanol–water partition coefficient (Wildman–Crippen LogP) is 3.70. The lowest BCUT2D eigenvalue weighted by Gasteiger charge is -2.41. The summed E-state index contributed by atoms with van der Waals surface area (Å²) < 4.78 is 7.61. The van der Waals surface area contributed by atoms with Crippen molar-refractivity contribution in [2.45, 2.75) is 52.5 Å². The van der Waals surface area contributed by atoms with E-state index in [2.05, 4.69) is 32.0 Å². The maximum absolute atomic E-state index is 13.4. The number of aryl methyl sites for hydroxylation is 2. The van der Waals surface area contributed by atoms with Crippen LogP contribution in [0.4, 0.5) is 5.69 Å². The number of rotatable bonds is 5. The summed E-state index contributed by atoms with van der Waals surface area (Å²) in [7, 11) is 1.83. The van der Waals surface area contributed by atoms with Crippen LogP contribution in [0.3, 0.4) is 0 Å². The molecule has 3 heterocycles. The summed E-state index contributed by atoms with van der Waals surface area (Å²) in [5.74, 6) is -0.0539. The number of nitrogens with one attached hydrogen (secondary N) is 3. The van der Waals surface area contributed by atoms with Crippen molar-refractivity contribution < 1.29 is 19.1 Å². The molecular weight excluding hydrogens is 544 g/mol. The van der Waals surface area contributed by atoms with Crippen molar-refractivity contribution in [3.05, 3.63) is 52.8 Å². The van der Waals surface area contributed by atoms with Gasteiger partial charge in [-0.3, -0.25) is 24.0 Å². The van der Waals surface area contributed by atoms with Gasteiger partial charge < -0.3 is 20.7 Å². The largest absolute Gasteiger partial charge is 0.489 e. The zero-order valence-electron chi connectivity index (χ0n) is 24.3. The third-order valence-corrected chi connectivity index (χ3v) is 8.01. The molecule has 41 heavy (non-hydrogen) atoms. The van der Waals surface area contributed by atoms with E-state index in [9.17, 15) is 14.4 Å². The van der Waals surface area contributed by atoms with E-state index >= 15 is 0 Å². The van der Waals surface area contributed by atoms with Crippen LogP contribution in [0.5, 0.6) is 5.75 Å². The van der Waals surface area contributed by atoms with Crippen LogP contribution >= 0.6 is 11.6 Å². The number of hydrogen-bond donors (Lipinski definition) is 3. The monoisotopic (exact) mass is 584 g/mol. The molecule has 4 rings (SSSR count). The molecule has 1 aromatic heterocycles. The molecule has 1 atom stereocenters. The molecule has 10 nitrogen and oxygen atoms in total. The van der Waals surface area contributed by atoms with Gasteiger partial charge in [-0.2, -0.15) is 5.10 Å². The molecule has 11 heteroatoms. The molecular formula is C30H41ClN6O4. The smallest absolute Gasteiger partial charge is 0.255 e. The molecule has 2 aliphatic heterocycles. The molecule has 1 spiro atoms. The summed E-state index contributed by atoms with van der Waals surface area (Å²) in [6, 6.07) is 4.23. The van der Waals surface area contributed by atoms with E-state index in [1.54, 1.807) is 29.1 Å². The fourth-order valence-corrected chi connectivity index (χ4v) is 5.61. The second-order valence-electron chi connectivity index (χ2n) is 11.6. The minimum absolute atomic E-state index is 0.0674. The lowest BCUT2D eigenvalue weighted by atomic mass is 9.75. The van der Waals surface area contributed by atoms with E-state index in [0.717, 1.165) is 43.7 Å². The van der Waals surface area contributed by atoms with Crippen molar-refractivity contribution in [1.29, 1.82) is 0 Å². The molecule has 0 aliphatic carbocycles. The van der Waals surface area contributed by atoms with Crippen LogP contribution in [-0.2, 0) is 16.6 Å². The zero-order chi connectivity index (χ0) is 29.6. The summed E-state index contributed by atoms with van der Waals surface area (Å²) in [4.78, 5) is 41.5. The van der Waals surface area contributed by atoms with Gasteiger partial charge in [-0.1, -0.05) is 37.6 Å². The van der Waals surface area contributed by atoms with Gasteiger partial charge in [-0.05, 0) is 75.2 Å². The first-order valence-corrected chi connectivity index (χ1v) is 14.6. The Hall–Kier alpha value is -3.37. The highest BCUT2D eigenvalue weighted by Crippen LogP contribution is 2.35. The van der Waals surface area contributed by atoms with E-state index in [-0.39, 0.29) is 23.1 Å². The third kappa shape index (κ3) is 8.33. The number of amides is 3. The minimum atomic E-state index is -0.690. The number of likely N-dealkylation sites (tertiary alicyclic amines) is 1. The highest BCUT2D eigenvalue weighted by atomic mass is 35.5. The second-order valence-corrected chi connectivity index (χ2v) is 12.1. The van der Waals surface area contributed by atoms with Crippen LogP contribution in [0.1, 0.15) is 55.6 Å². The van der Waals surface area contributed by atoms with Crippen LogP contribution in [-0.4, -0.2) is 71.2 Å². The van der Waals surface area contributed by atoms with Gasteiger partial charge >= 0.3 is 0 Å². The van der Waals surface area contributed by atoms with Crippen molar-refractivity contribution in [2.24, 2.45) is 18.4 Å². The van der Waals surface area contributed by atoms with Crippen molar-refractivity contribution >= 4 is 35.0 Å². The molecule has 1 aromatic carbocycles. The quantitative estimate of drug-likeness (QED) is 0.461. The molecule has 2 aromatic rings. The van der Waals surface area contributed by atoms with E-state index < -0.39 is 11.9 Å². The highest BCUT2D eigenvalue weighted by Gasteiger charge is 2.35. The van der Waals surface area contributed by atoms with E-state index in [1.807, 2.05) is 33.9 Å². The molecule has 3 amide bonds. The van der Waals surface area contributed by atoms with Crippen LogP contribution in [0.15, 0.2) is 36.5 Å². The van der Waals surface area contributed by atoms with Gasteiger partial charge in [0.05, 0.1) is 23.5 Å². The van der Waals surface area contributed by atoms with Crippen molar-refractivity contribution in [3.63, 3.8) is 0 Å². The maximum Gasteiger partial charge on any atom is 0.255 e. The molecule has 222 valence electrons. The first-order valence-electron chi connectivity index (χ1n) is 14.2. The van der Waals surface area contributed by atoms with E-state index in [4.69, 9.17) is 16.3 Å². The number of piperidine rings is 1. The van der Waals surface area contributed by atoms with E-state index in [0.29, 0.717) is 42.5 Å². The Kier molecular flexibility index (Phi) is 10.1. The lowest BCUT2D eigenvalue weighted by molar-refractivity contribution is -0.124. The lowest BCUT2D eigenvalue weighted by Crippen LogP contribution is -2.52. The Balaban J connectivity index is 1.45.